The lowest BCUT2D eigenvalue weighted by atomic mass is 9.95. The van der Waals surface area contributed by atoms with Crippen LogP contribution >= 0.6 is 159 Å². The predicted octanol–water partition coefficient (Wildman–Crippen LogP) is 8.50. The lowest BCUT2D eigenvalue weighted by Crippen LogP contribution is -2.59. The second kappa shape index (κ2) is 6.65. The highest BCUT2D eigenvalue weighted by molar-refractivity contribution is 9.33. The van der Waals surface area contributed by atoms with Crippen molar-refractivity contribution >= 4 is 159 Å². The first-order valence-electron chi connectivity index (χ1n) is 4.05. The van der Waals surface area contributed by atoms with E-state index in [1.165, 1.54) is 0 Å². The summed E-state index contributed by atoms with van der Waals surface area (Å²) in [5, 5.41) is 0. The lowest BCUT2D eigenvalue weighted by molar-refractivity contribution is 0.662. The number of rotatable bonds is 1. The van der Waals surface area contributed by atoms with Gasteiger partial charge in [-0.15, -0.1) is 0 Å². The van der Waals surface area contributed by atoms with Crippen LogP contribution in [-0.2, 0) is 0 Å². The largest absolute Gasteiger partial charge is 0.136 e. The molecule has 0 spiro atoms. The maximum Gasteiger partial charge on any atom is 0.136 e. The Morgan fingerprint density at radius 2 is 1.11 bits per heavy atom. The van der Waals surface area contributed by atoms with Gasteiger partial charge in [0.1, 0.15) is 14.0 Å². The summed E-state index contributed by atoms with van der Waals surface area (Å²) in [4.78, 5) is 0. The number of halogens is 10. The molecule has 1 unspecified atom stereocenters. The van der Waals surface area contributed by atoms with E-state index in [1.807, 2.05) is 12.2 Å². The molecule has 0 bridgehead atoms. The van der Waals surface area contributed by atoms with Crippen molar-refractivity contribution in [3.05, 3.63) is 20.0 Å². The first-order valence-corrected chi connectivity index (χ1v) is 12.0. The Labute approximate surface area is 190 Å². The minimum absolute atomic E-state index is 0.483. The minimum atomic E-state index is -0.604. The maximum atomic E-state index is 3.76. The molecule has 1 aliphatic carbocycles. The predicted molar refractivity (Wildman–Crippen MR) is 116 cm³/mol. The average molecular weight is 897 g/mol. The van der Waals surface area contributed by atoms with Crippen LogP contribution < -0.4 is 0 Å². The summed E-state index contributed by atoms with van der Waals surface area (Å²) in [6.45, 7) is 0. The molecule has 104 valence electrons. The number of hydrogen-bond acceptors (Lipinski definition) is 0. The van der Waals surface area contributed by atoms with E-state index in [2.05, 4.69) is 159 Å². The molecule has 0 fully saturated rings. The smallest absolute Gasteiger partial charge is 0.0723 e. The van der Waals surface area contributed by atoms with Gasteiger partial charge >= 0.3 is 0 Å². The minimum Gasteiger partial charge on any atom is -0.0723 e. The molecule has 0 heterocycles. The van der Waals surface area contributed by atoms with E-state index >= 15 is 0 Å². The van der Waals surface area contributed by atoms with E-state index in [0.717, 1.165) is 7.87 Å². The van der Waals surface area contributed by atoms with Crippen molar-refractivity contribution in [2.45, 2.75) is 14.0 Å². The molecule has 0 saturated carbocycles. The van der Waals surface area contributed by atoms with Crippen LogP contribution in [0.5, 0.6) is 0 Å². The standard InChI is InChI=1S/C8H2Br10/c9-3(4(10)11)5(12)1-2-6(13,14)8(17,18)7(5,15)16/h1-2H. The van der Waals surface area contributed by atoms with Crippen LogP contribution in [0, 0.1) is 0 Å². The Morgan fingerprint density at radius 1 is 0.667 bits per heavy atom. The van der Waals surface area contributed by atoms with Gasteiger partial charge in [-0.2, -0.15) is 0 Å². The van der Waals surface area contributed by atoms with Gasteiger partial charge in [-0.05, 0) is 31.9 Å². The topological polar surface area (TPSA) is 0 Å². The summed E-state index contributed by atoms with van der Waals surface area (Å²) in [7, 11) is 0. The summed E-state index contributed by atoms with van der Waals surface area (Å²) >= 11 is 36.3. The first-order chi connectivity index (χ1) is 7.81. The zero-order valence-electron chi connectivity index (χ0n) is 7.93. The molecule has 0 aromatic carbocycles. The molecule has 1 rings (SSSR count). The zero-order chi connectivity index (χ0) is 14.6. The second-order valence-corrected chi connectivity index (χ2v) is 18.5. The van der Waals surface area contributed by atoms with Crippen molar-refractivity contribution in [1.29, 1.82) is 0 Å². The number of allylic oxidation sites excluding steroid dienone is 3. The average Bonchev–Trinajstić information content (AvgIpc) is 2.22. The van der Waals surface area contributed by atoms with Gasteiger partial charge in [-0.1, -0.05) is 140 Å². The third-order valence-electron chi connectivity index (χ3n) is 2.28. The molecule has 0 saturated heterocycles. The fraction of sp³-hybridized carbons (Fsp3) is 0.500. The Balaban J connectivity index is 3.58. The molecule has 0 radical (unpaired) electrons. The van der Waals surface area contributed by atoms with Gasteiger partial charge in [0.25, 0.3) is 0 Å². The summed E-state index contributed by atoms with van der Waals surface area (Å²) < 4.78 is -0.505. The zero-order valence-corrected chi connectivity index (χ0v) is 23.8. The molecule has 1 atom stereocenters. The normalized spacial score (nSPS) is 32.1. The van der Waals surface area contributed by atoms with Crippen LogP contribution in [-0.4, -0.2) is 14.0 Å². The van der Waals surface area contributed by atoms with Gasteiger partial charge in [0, 0.05) is 4.48 Å². The van der Waals surface area contributed by atoms with Crippen LogP contribution in [0.2, 0.25) is 0 Å². The Bertz CT molecular complexity index is 416. The van der Waals surface area contributed by atoms with Crippen molar-refractivity contribution in [3.8, 4) is 0 Å². The van der Waals surface area contributed by atoms with E-state index in [0.29, 0.717) is 0 Å². The van der Waals surface area contributed by atoms with Crippen molar-refractivity contribution in [2.75, 3.05) is 0 Å². The Hall–Kier alpha value is 4.28. The number of hydrogen-bond donors (Lipinski definition) is 0. The van der Waals surface area contributed by atoms with Gasteiger partial charge < -0.3 is 0 Å². The molecule has 0 aromatic rings. The van der Waals surface area contributed by atoms with Crippen LogP contribution in [0.25, 0.3) is 0 Å². The third kappa shape index (κ3) is 3.23. The van der Waals surface area contributed by atoms with Crippen molar-refractivity contribution in [1.82, 2.24) is 0 Å². The number of alkyl halides is 7. The lowest BCUT2D eigenvalue weighted by Gasteiger charge is -2.52. The van der Waals surface area contributed by atoms with Gasteiger partial charge in [0.05, 0.1) is 3.39 Å². The summed E-state index contributed by atoms with van der Waals surface area (Å²) in [5.74, 6) is 0. The highest BCUT2D eigenvalue weighted by Crippen LogP contribution is 2.70. The quantitative estimate of drug-likeness (QED) is 0.183. The van der Waals surface area contributed by atoms with Gasteiger partial charge in [0.2, 0.25) is 0 Å². The molecular formula is C8H2Br10. The summed E-state index contributed by atoms with van der Waals surface area (Å²) in [6, 6.07) is 0. The van der Waals surface area contributed by atoms with E-state index in [4.69, 9.17) is 0 Å². The molecule has 0 aliphatic heterocycles. The van der Waals surface area contributed by atoms with Crippen molar-refractivity contribution in [2.24, 2.45) is 0 Å². The van der Waals surface area contributed by atoms with Gasteiger partial charge in [-0.3, -0.25) is 0 Å². The molecule has 0 N–H and O–H groups in total. The van der Waals surface area contributed by atoms with Crippen molar-refractivity contribution in [3.63, 3.8) is 0 Å². The third-order valence-corrected chi connectivity index (χ3v) is 18.9. The SMILES string of the molecule is BrC(Br)=C(Br)C1(Br)C=CC(Br)(Br)C(Br)(Br)C1(Br)Br. The Kier molecular flexibility index (Phi) is 7.51. The van der Waals surface area contributed by atoms with E-state index in [9.17, 15) is 0 Å². The van der Waals surface area contributed by atoms with Gasteiger partial charge in [-0.25, -0.2) is 0 Å². The van der Waals surface area contributed by atoms with Crippen LogP contribution in [0.15, 0.2) is 20.0 Å². The molecule has 0 nitrogen and oxygen atoms in total. The highest BCUT2D eigenvalue weighted by Gasteiger charge is 2.67. The molecule has 0 aromatic heterocycles. The summed E-state index contributed by atoms with van der Waals surface area (Å²) in [6.07, 6.45) is 4.02. The highest BCUT2D eigenvalue weighted by atomic mass is 79.9. The van der Waals surface area contributed by atoms with Gasteiger partial charge in [0.15, 0.2) is 0 Å². The van der Waals surface area contributed by atoms with Crippen LogP contribution in [0.4, 0.5) is 0 Å². The Morgan fingerprint density at radius 3 is 1.50 bits per heavy atom. The molecule has 0 amide bonds. The molecule has 18 heavy (non-hydrogen) atoms. The van der Waals surface area contributed by atoms with Crippen molar-refractivity contribution < 1.29 is 0 Å². The van der Waals surface area contributed by atoms with E-state index in [-0.39, 0.29) is 0 Å². The summed E-state index contributed by atoms with van der Waals surface area (Å²) in [5.41, 5.74) is 0. The fourth-order valence-corrected chi connectivity index (χ4v) is 8.59. The van der Waals surface area contributed by atoms with Crippen LogP contribution in [0.3, 0.4) is 0 Å². The monoisotopic (exact) mass is 887 g/mol. The van der Waals surface area contributed by atoms with E-state index in [1.54, 1.807) is 0 Å². The first kappa shape index (κ1) is 20.3. The molecule has 10 heteroatoms. The second-order valence-electron chi connectivity index (χ2n) is 3.39. The fourth-order valence-electron chi connectivity index (χ4n) is 1.22. The molecule has 1 aliphatic rings. The van der Waals surface area contributed by atoms with Crippen LogP contribution in [0.1, 0.15) is 0 Å². The van der Waals surface area contributed by atoms with E-state index < -0.39 is 14.0 Å². The molecular weight excluding hydrogens is 895 g/mol. The maximum absolute atomic E-state index is 3.76.